The lowest BCUT2D eigenvalue weighted by Gasteiger charge is -2.07. The molecule has 0 spiro atoms. The number of fused-ring (bicyclic) bond motifs is 10. The Bertz CT molecular complexity index is 2400. The highest BCUT2D eigenvalue weighted by Gasteiger charge is 2.22. The van der Waals surface area contributed by atoms with Crippen molar-refractivity contribution >= 4 is 75.5 Å². The van der Waals surface area contributed by atoms with Gasteiger partial charge in [0, 0.05) is 47.5 Å². The van der Waals surface area contributed by atoms with Gasteiger partial charge in [0.05, 0.1) is 11.1 Å². The van der Waals surface area contributed by atoms with Gasteiger partial charge >= 0.3 is 0 Å². The molecule has 0 aliphatic carbocycles. The summed E-state index contributed by atoms with van der Waals surface area (Å²) in [6.45, 7) is 0. The van der Waals surface area contributed by atoms with E-state index in [9.17, 15) is 0 Å². The number of nitrogens with zero attached hydrogens (tertiary/aromatic N) is 2. The average Bonchev–Trinajstić information content (AvgIpc) is 3.67. The number of benzene rings is 5. The molecule has 4 nitrogen and oxygen atoms in total. The maximum atomic E-state index is 6.52. The summed E-state index contributed by atoms with van der Waals surface area (Å²) in [6.07, 6.45) is 0. The fourth-order valence-corrected chi connectivity index (χ4v) is 6.80. The number of rotatable bonds is 2. The number of aromatic nitrogens is 2. The average molecular weight is 519 g/mol. The van der Waals surface area contributed by atoms with Crippen LogP contribution in [0.15, 0.2) is 118 Å². The molecule has 5 aromatic carbocycles. The van der Waals surface area contributed by atoms with Gasteiger partial charge in [-0.25, -0.2) is 4.98 Å². The molecule has 0 unspecified atom stereocenters. The Morgan fingerprint density at radius 1 is 0.513 bits per heavy atom. The third-order valence-corrected chi connectivity index (χ3v) is 8.68. The molecule has 0 atom stereocenters. The zero-order valence-electron chi connectivity index (χ0n) is 20.5. The summed E-state index contributed by atoms with van der Waals surface area (Å²) >= 11 is 1.80. The second-order valence-corrected chi connectivity index (χ2v) is 10.9. The first-order valence-corrected chi connectivity index (χ1v) is 13.6. The Morgan fingerprint density at radius 2 is 1.26 bits per heavy atom. The third kappa shape index (κ3) is 2.99. The maximum absolute atomic E-state index is 6.52. The first-order chi connectivity index (χ1) is 19.3. The molecule has 0 saturated carbocycles. The number of hydrogen-bond acceptors (Lipinski definition) is 5. The van der Waals surface area contributed by atoms with E-state index in [0.717, 1.165) is 49.5 Å². The predicted octanol–water partition coefficient (Wildman–Crippen LogP) is 9.98. The van der Waals surface area contributed by atoms with Gasteiger partial charge in [0.2, 0.25) is 5.71 Å². The van der Waals surface area contributed by atoms with Crippen LogP contribution in [0, 0.1) is 0 Å². The van der Waals surface area contributed by atoms with E-state index in [4.69, 9.17) is 18.8 Å². The Kier molecular flexibility index (Phi) is 4.18. The molecule has 9 rings (SSSR count). The van der Waals surface area contributed by atoms with Crippen LogP contribution < -0.4 is 0 Å². The lowest BCUT2D eigenvalue weighted by atomic mass is 10.0. The van der Waals surface area contributed by atoms with Crippen LogP contribution in [0.5, 0.6) is 0 Å². The van der Waals surface area contributed by atoms with E-state index in [2.05, 4.69) is 72.8 Å². The molecule has 182 valence electrons. The second-order valence-electron chi connectivity index (χ2n) is 9.77. The zero-order valence-corrected chi connectivity index (χ0v) is 21.3. The fourth-order valence-electron chi connectivity index (χ4n) is 5.72. The molecule has 5 heteroatoms. The molecule has 9 aromatic rings. The molecule has 0 aliphatic rings. The highest BCUT2D eigenvalue weighted by molar-refractivity contribution is 7.25. The maximum Gasteiger partial charge on any atom is 0.231 e. The van der Waals surface area contributed by atoms with Crippen LogP contribution in [0.4, 0.5) is 0 Å². The normalized spacial score (nSPS) is 12.1. The zero-order chi connectivity index (χ0) is 25.5. The Balaban J connectivity index is 1.37. The fraction of sp³-hybridized carbons (Fsp3) is 0. The van der Waals surface area contributed by atoms with Crippen molar-refractivity contribution in [3.8, 4) is 22.6 Å². The summed E-state index contributed by atoms with van der Waals surface area (Å²) in [5.74, 6) is 0.637. The molecule has 0 amide bonds. The highest BCUT2D eigenvalue weighted by atomic mass is 32.1. The van der Waals surface area contributed by atoms with Crippen molar-refractivity contribution in [1.29, 1.82) is 0 Å². The van der Waals surface area contributed by atoms with Crippen molar-refractivity contribution in [2.45, 2.75) is 0 Å². The number of hydrogen-bond donors (Lipinski definition) is 0. The summed E-state index contributed by atoms with van der Waals surface area (Å²) in [5, 5.41) is 6.40. The molecule has 0 radical (unpaired) electrons. The van der Waals surface area contributed by atoms with Crippen molar-refractivity contribution in [3.05, 3.63) is 109 Å². The molecular weight excluding hydrogens is 500 g/mol. The van der Waals surface area contributed by atoms with E-state index < -0.39 is 0 Å². The molecule has 39 heavy (non-hydrogen) atoms. The van der Waals surface area contributed by atoms with Crippen LogP contribution in [-0.2, 0) is 0 Å². The minimum absolute atomic E-state index is 0.553. The third-order valence-electron chi connectivity index (χ3n) is 7.53. The standard InChI is InChI=1S/C34H18N2O2S/c1-2-8-19(9-3-1)30-29-24-16-15-23-21-10-4-6-12-26(21)37-31(23)32(24)38-34(29)36-33(35-30)20-14-17-28-25(18-20)22-11-5-7-13-27(22)39-28/h1-18H. The van der Waals surface area contributed by atoms with E-state index in [1.54, 1.807) is 11.3 Å². The Morgan fingerprint density at radius 3 is 2.18 bits per heavy atom. The first-order valence-electron chi connectivity index (χ1n) is 12.8. The smallest absolute Gasteiger partial charge is 0.231 e. The summed E-state index contributed by atoms with van der Waals surface area (Å²) in [5.41, 5.74) is 5.64. The van der Waals surface area contributed by atoms with Crippen LogP contribution >= 0.6 is 11.3 Å². The largest absolute Gasteiger partial charge is 0.452 e. The first kappa shape index (κ1) is 21.0. The van der Waals surface area contributed by atoms with Gasteiger partial charge in [-0.2, -0.15) is 4.98 Å². The number of furan rings is 2. The summed E-state index contributed by atoms with van der Waals surface area (Å²) < 4.78 is 15.3. The minimum atomic E-state index is 0.553. The van der Waals surface area contributed by atoms with Gasteiger partial charge in [0.1, 0.15) is 5.58 Å². The van der Waals surface area contributed by atoms with Gasteiger partial charge in [-0.15, -0.1) is 11.3 Å². The Labute approximate surface area is 225 Å². The number of thiophene rings is 1. The highest BCUT2D eigenvalue weighted by Crippen LogP contribution is 2.42. The molecule has 0 fully saturated rings. The van der Waals surface area contributed by atoms with Gasteiger partial charge in [-0.05, 0) is 42.5 Å². The molecule has 4 aromatic heterocycles. The lowest BCUT2D eigenvalue weighted by Crippen LogP contribution is -1.93. The van der Waals surface area contributed by atoms with E-state index in [1.165, 1.54) is 20.2 Å². The van der Waals surface area contributed by atoms with Crippen molar-refractivity contribution in [3.63, 3.8) is 0 Å². The van der Waals surface area contributed by atoms with E-state index in [0.29, 0.717) is 17.1 Å². The van der Waals surface area contributed by atoms with Gasteiger partial charge in [-0.1, -0.05) is 66.7 Å². The molecule has 0 N–H and O–H groups in total. The van der Waals surface area contributed by atoms with Crippen molar-refractivity contribution < 1.29 is 8.83 Å². The van der Waals surface area contributed by atoms with Gasteiger partial charge < -0.3 is 8.83 Å². The summed E-state index contributed by atoms with van der Waals surface area (Å²) in [7, 11) is 0. The van der Waals surface area contributed by atoms with Crippen molar-refractivity contribution in [2.24, 2.45) is 0 Å². The minimum Gasteiger partial charge on any atom is -0.452 e. The summed E-state index contributed by atoms with van der Waals surface area (Å²) in [4.78, 5) is 10.1. The van der Waals surface area contributed by atoms with Crippen molar-refractivity contribution in [2.75, 3.05) is 0 Å². The Hall–Kier alpha value is -5.00. The van der Waals surface area contributed by atoms with Gasteiger partial charge in [0.25, 0.3) is 0 Å². The van der Waals surface area contributed by atoms with Crippen LogP contribution in [0.3, 0.4) is 0 Å². The van der Waals surface area contributed by atoms with Crippen LogP contribution in [-0.4, -0.2) is 9.97 Å². The lowest BCUT2D eigenvalue weighted by molar-refractivity contribution is 0.625. The number of para-hydroxylation sites is 1. The molecule has 0 bridgehead atoms. The van der Waals surface area contributed by atoms with E-state index in [1.807, 2.05) is 36.4 Å². The molecule has 0 aliphatic heterocycles. The van der Waals surface area contributed by atoms with Gasteiger partial charge in [0.15, 0.2) is 17.0 Å². The monoisotopic (exact) mass is 518 g/mol. The van der Waals surface area contributed by atoms with E-state index in [-0.39, 0.29) is 0 Å². The quantitative estimate of drug-likeness (QED) is 0.228. The van der Waals surface area contributed by atoms with Crippen LogP contribution in [0.25, 0.3) is 86.8 Å². The van der Waals surface area contributed by atoms with Crippen molar-refractivity contribution in [1.82, 2.24) is 9.97 Å². The van der Waals surface area contributed by atoms with E-state index >= 15 is 0 Å². The topological polar surface area (TPSA) is 52.1 Å². The van der Waals surface area contributed by atoms with Gasteiger partial charge in [-0.3, -0.25) is 0 Å². The second kappa shape index (κ2) is 7.76. The molecule has 0 saturated heterocycles. The molecule has 4 heterocycles. The van der Waals surface area contributed by atoms with Crippen LogP contribution in [0.1, 0.15) is 0 Å². The van der Waals surface area contributed by atoms with Crippen LogP contribution in [0.2, 0.25) is 0 Å². The summed E-state index contributed by atoms with van der Waals surface area (Å²) in [6, 6.07) is 37.5. The predicted molar refractivity (Wildman–Crippen MR) is 160 cm³/mol. The SMILES string of the molecule is c1ccc(-c2nc(-c3ccc4sc5ccccc5c4c3)nc3oc4c(ccc5c6ccccc6oc54)c23)cc1. The molecular formula is C34H18N2O2S.